The molecule has 1 saturated carbocycles. The number of carbonyl (C=O) groups excluding carboxylic acids is 1. The quantitative estimate of drug-likeness (QED) is 0.531. The highest BCUT2D eigenvalue weighted by molar-refractivity contribution is 6.33. The zero-order valence-electron chi connectivity index (χ0n) is 17.3. The molecule has 0 radical (unpaired) electrons. The first kappa shape index (κ1) is 20.6. The molecule has 3 aromatic rings. The Morgan fingerprint density at radius 3 is 2.94 bits per heavy atom. The van der Waals surface area contributed by atoms with Gasteiger partial charge in [-0.1, -0.05) is 23.2 Å². The Balaban J connectivity index is 1.31. The lowest BCUT2D eigenvalue weighted by molar-refractivity contribution is 0.0938. The van der Waals surface area contributed by atoms with Gasteiger partial charge in [0.15, 0.2) is 0 Å². The fourth-order valence-corrected chi connectivity index (χ4v) is 5.28. The van der Waals surface area contributed by atoms with E-state index in [0.29, 0.717) is 33.5 Å². The van der Waals surface area contributed by atoms with Crippen LogP contribution in [0.1, 0.15) is 48.4 Å². The summed E-state index contributed by atoms with van der Waals surface area (Å²) in [7, 11) is 0. The molecule has 1 aliphatic carbocycles. The minimum absolute atomic E-state index is 0.182. The number of halogens is 2. The summed E-state index contributed by atoms with van der Waals surface area (Å²) in [5.41, 5.74) is 3.21. The fraction of sp³-hybridized carbons (Fsp3) is 0.391. The zero-order chi connectivity index (χ0) is 21.5. The van der Waals surface area contributed by atoms with Crippen molar-refractivity contribution in [3.8, 4) is 0 Å². The number of hydrogen-bond acceptors (Lipinski definition) is 4. The van der Waals surface area contributed by atoms with Crippen LogP contribution in [0.25, 0.3) is 11.0 Å². The van der Waals surface area contributed by atoms with Crippen molar-refractivity contribution in [1.82, 2.24) is 20.6 Å². The highest BCUT2D eigenvalue weighted by Crippen LogP contribution is 2.35. The van der Waals surface area contributed by atoms with Crippen LogP contribution in [0.3, 0.4) is 0 Å². The zero-order valence-corrected chi connectivity index (χ0v) is 18.8. The molecule has 2 heterocycles. The van der Waals surface area contributed by atoms with Gasteiger partial charge >= 0.3 is 0 Å². The molecule has 3 atom stereocenters. The van der Waals surface area contributed by atoms with Gasteiger partial charge in [0, 0.05) is 35.8 Å². The van der Waals surface area contributed by atoms with E-state index in [1.807, 2.05) is 31.2 Å². The van der Waals surface area contributed by atoms with Crippen molar-refractivity contribution in [2.45, 2.75) is 44.3 Å². The normalized spacial score (nSPS) is 21.8. The van der Waals surface area contributed by atoms with Crippen LogP contribution in [0.2, 0.25) is 10.0 Å². The summed E-state index contributed by atoms with van der Waals surface area (Å²) in [6.07, 6.45) is 3.63. The largest absolute Gasteiger partial charge is 0.365 e. The Hall–Kier alpha value is -2.28. The van der Waals surface area contributed by atoms with E-state index >= 15 is 0 Å². The first-order chi connectivity index (χ1) is 15.0. The van der Waals surface area contributed by atoms with Crippen LogP contribution < -0.4 is 15.5 Å². The number of fused-ring (bicyclic) bond motifs is 2. The van der Waals surface area contributed by atoms with Gasteiger partial charge in [0.2, 0.25) is 0 Å². The molecule has 1 aromatic heterocycles. The number of amides is 1. The number of nitrogens with zero attached hydrogens (tertiary/aromatic N) is 2. The number of aromatic amines is 1. The monoisotopic (exact) mass is 457 g/mol. The molecule has 2 fully saturated rings. The number of hydrogen-bond donors (Lipinski definition) is 3. The van der Waals surface area contributed by atoms with Gasteiger partial charge in [0.05, 0.1) is 27.8 Å². The van der Waals surface area contributed by atoms with Crippen molar-refractivity contribution in [2.75, 3.05) is 18.0 Å². The average molecular weight is 458 g/mol. The lowest BCUT2D eigenvalue weighted by atomic mass is 10.1. The van der Waals surface area contributed by atoms with E-state index in [-0.39, 0.29) is 11.9 Å². The number of benzene rings is 2. The lowest BCUT2D eigenvalue weighted by Gasteiger charge is -2.40. The second-order valence-corrected chi connectivity index (χ2v) is 9.24. The number of nitrogens with one attached hydrogen (secondary N) is 3. The van der Waals surface area contributed by atoms with Crippen LogP contribution >= 0.6 is 23.2 Å². The molecule has 31 heavy (non-hydrogen) atoms. The molecular weight excluding hydrogens is 433 g/mol. The average Bonchev–Trinajstić information content (AvgIpc) is 3.40. The molecule has 2 unspecified atom stereocenters. The smallest absolute Gasteiger partial charge is 0.251 e. The standard InChI is InChI=1S/C23H25Cl2N5O/c1-13(22-28-17-7-6-15(24)12-19(17)29-22)27-23(31)14-5-8-20(16(25)11-14)30-10-9-26-18-3-2-4-21(18)30/h5-8,11-13,18,21,26H,2-4,9-10H2,1H3,(H,27,31)(H,28,29)/t13-,18?,21?/m0/s1. The highest BCUT2D eigenvalue weighted by Gasteiger charge is 2.35. The lowest BCUT2D eigenvalue weighted by Crippen LogP contribution is -2.55. The molecule has 2 aliphatic rings. The number of rotatable bonds is 4. The van der Waals surface area contributed by atoms with Gasteiger partial charge in [-0.2, -0.15) is 0 Å². The fourth-order valence-electron chi connectivity index (χ4n) is 4.82. The molecule has 1 aliphatic heterocycles. The molecule has 0 bridgehead atoms. The number of aromatic nitrogens is 2. The maximum Gasteiger partial charge on any atom is 0.251 e. The Morgan fingerprint density at radius 1 is 1.23 bits per heavy atom. The van der Waals surface area contributed by atoms with Gasteiger partial charge in [0.1, 0.15) is 5.82 Å². The van der Waals surface area contributed by atoms with Crippen molar-refractivity contribution >= 4 is 45.8 Å². The third-order valence-corrected chi connectivity index (χ3v) is 6.92. The third-order valence-electron chi connectivity index (χ3n) is 6.38. The van der Waals surface area contributed by atoms with E-state index in [2.05, 4.69) is 25.5 Å². The minimum Gasteiger partial charge on any atom is -0.365 e. The first-order valence-corrected chi connectivity index (χ1v) is 11.5. The number of carbonyl (C=O) groups is 1. The predicted molar refractivity (Wildman–Crippen MR) is 125 cm³/mol. The van der Waals surface area contributed by atoms with E-state index in [1.165, 1.54) is 19.3 Å². The van der Waals surface area contributed by atoms with Gasteiger partial charge < -0.3 is 20.5 Å². The molecule has 8 heteroatoms. The van der Waals surface area contributed by atoms with Crippen LogP contribution in [-0.2, 0) is 0 Å². The Morgan fingerprint density at radius 2 is 2.10 bits per heavy atom. The van der Waals surface area contributed by atoms with Gasteiger partial charge in [0.25, 0.3) is 5.91 Å². The van der Waals surface area contributed by atoms with Gasteiger partial charge in [-0.15, -0.1) is 0 Å². The predicted octanol–water partition coefficient (Wildman–Crippen LogP) is 4.69. The van der Waals surface area contributed by atoms with Crippen molar-refractivity contribution in [1.29, 1.82) is 0 Å². The number of H-pyrrole nitrogens is 1. The molecule has 2 aromatic carbocycles. The summed E-state index contributed by atoms with van der Waals surface area (Å²) in [5.74, 6) is 0.500. The summed E-state index contributed by atoms with van der Waals surface area (Å²) >= 11 is 12.7. The first-order valence-electron chi connectivity index (χ1n) is 10.8. The summed E-state index contributed by atoms with van der Waals surface area (Å²) in [6.45, 7) is 3.79. The molecule has 1 saturated heterocycles. The number of anilines is 1. The summed E-state index contributed by atoms with van der Waals surface area (Å²) in [6, 6.07) is 11.8. The van der Waals surface area contributed by atoms with Gasteiger partial charge in [-0.3, -0.25) is 4.79 Å². The Labute approximate surface area is 191 Å². The Bertz CT molecular complexity index is 1130. The second kappa shape index (κ2) is 8.34. The van der Waals surface area contributed by atoms with E-state index in [1.54, 1.807) is 12.1 Å². The van der Waals surface area contributed by atoms with Gasteiger partial charge in [-0.05, 0) is 62.6 Å². The van der Waals surface area contributed by atoms with E-state index in [9.17, 15) is 4.79 Å². The van der Waals surface area contributed by atoms with Gasteiger partial charge in [-0.25, -0.2) is 4.98 Å². The van der Waals surface area contributed by atoms with Crippen molar-refractivity contribution in [2.24, 2.45) is 0 Å². The number of imidazole rings is 1. The Kier molecular flexibility index (Phi) is 5.54. The van der Waals surface area contributed by atoms with Crippen molar-refractivity contribution in [3.63, 3.8) is 0 Å². The minimum atomic E-state index is -0.287. The van der Waals surface area contributed by atoms with Crippen LogP contribution in [0.15, 0.2) is 36.4 Å². The van der Waals surface area contributed by atoms with Crippen LogP contribution in [-0.4, -0.2) is 41.0 Å². The maximum absolute atomic E-state index is 12.9. The molecular formula is C23H25Cl2N5O. The summed E-state index contributed by atoms with van der Waals surface area (Å²) in [5, 5.41) is 7.86. The molecule has 3 N–H and O–H groups in total. The number of piperazine rings is 1. The molecule has 0 spiro atoms. The van der Waals surface area contributed by atoms with Crippen molar-refractivity contribution in [3.05, 3.63) is 57.8 Å². The molecule has 1 amide bonds. The highest BCUT2D eigenvalue weighted by atomic mass is 35.5. The topological polar surface area (TPSA) is 73.1 Å². The van der Waals surface area contributed by atoms with Crippen LogP contribution in [0.4, 0.5) is 5.69 Å². The van der Waals surface area contributed by atoms with E-state index in [4.69, 9.17) is 23.2 Å². The second-order valence-electron chi connectivity index (χ2n) is 8.40. The molecule has 162 valence electrons. The van der Waals surface area contributed by atoms with Crippen molar-refractivity contribution < 1.29 is 4.79 Å². The van der Waals surface area contributed by atoms with E-state index in [0.717, 1.165) is 29.8 Å². The summed E-state index contributed by atoms with van der Waals surface area (Å²) < 4.78 is 0. The van der Waals surface area contributed by atoms with E-state index < -0.39 is 0 Å². The molecule has 6 nitrogen and oxygen atoms in total. The molecule has 5 rings (SSSR count). The van der Waals surface area contributed by atoms with Crippen LogP contribution in [0.5, 0.6) is 0 Å². The van der Waals surface area contributed by atoms with Crippen LogP contribution in [0, 0.1) is 0 Å². The SMILES string of the molecule is C[C@H](NC(=O)c1ccc(N2CCNC3CCCC32)c(Cl)c1)c1nc2cc(Cl)ccc2[nH]1. The summed E-state index contributed by atoms with van der Waals surface area (Å²) in [4.78, 5) is 23.1. The maximum atomic E-state index is 12.9. The third kappa shape index (κ3) is 4.00.